The van der Waals surface area contributed by atoms with E-state index in [2.05, 4.69) is 0 Å². The van der Waals surface area contributed by atoms with Crippen molar-refractivity contribution in [2.45, 2.75) is 83.1 Å². The summed E-state index contributed by atoms with van der Waals surface area (Å²) in [7, 11) is 13.5. The SMILES string of the molecule is CC(=O)O.CC(=O)O.CC(=O)O.CC(=O)O.CC(=O)O.CC(=O)O.CC(=O)O.CC(=O)O.CC(=O)O.CC(=O)O.CC(=O)O.CC(=O)O.CN(C)C=O.CN(C)C=O.CN(C)C=O.CN(C)C=O.O.O.O.O.O.O.O=C([O-])c1cc(C(=O)[O-])cc(C(=O)[O-])c1.O=C([O-])c1cc(C(=O)[O-])cc(C(=O)[O-])c1.O=C([O-])c1cc(C(=O)[O-])cc(C(=O)[O-])c1.O=C([O-])c1cc(C(=O)[O-])cc(C(=O)[O-])c1.[Cd+2].[Cd].[Cd].[Nd].[Nd]. The summed E-state index contributed by atoms with van der Waals surface area (Å²) in [4.78, 5) is 276. The fraction of sp³-hybridized carbons (Fsp3) is 0.278. The summed E-state index contributed by atoms with van der Waals surface area (Å²) >= 11 is 0. The zero-order chi connectivity index (χ0) is 106. The summed E-state index contributed by atoms with van der Waals surface area (Å²) in [5.74, 6) is -30.2. The Labute approximate surface area is 912 Å². The van der Waals surface area contributed by atoms with Crippen LogP contribution in [0.1, 0.15) is 207 Å². The number of carboxylic acid groups (broad SMARTS) is 24. The van der Waals surface area contributed by atoms with Gasteiger partial charge in [-0.3, -0.25) is 76.7 Å². The molecule has 0 saturated heterocycles. The first-order valence-electron chi connectivity index (χ1n) is 31.5. The van der Waals surface area contributed by atoms with E-state index in [1.807, 2.05) is 0 Å². The van der Waals surface area contributed by atoms with Crippen molar-refractivity contribution < 1.29 is 453 Å². The van der Waals surface area contributed by atoms with Gasteiger partial charge in [-0.2, -0.15) is 0 Å². The van der Waals surface area contributed by atoms with E-state index in [9.17, 15) is 138 Å². The van der Waals surface area contributed by atoms with Gasteiger partial charge in [0.15, 0.2) is 0 Å². The number of hydrogen-bond acceptors (Lipinski definition) is 40. The molecule has 24 N–H and O–H groups in total. The molecule has 4 amide bonds. The Morgan fingerprint density at radius 3 is 0.223 bits per heavy atom. The molecule has 0 heterocycles. The summed E-state index contributed by atoms with van der Waals surface area (Å²) in [6, 6.07) is 8.97. The number of carbonyl (C=O) groups excluding carboxylic acids is 16. The number of benzene rings is 4. The van der Waals surface area contributed by atoms with Crippen LogP contribution in [0.3, 0.4) is 0 Å². The van der Waals surface area contributed by atoms with Crippen LogP contribution in [-0.2, 0) is 159 Å². The van der Waals surface area contributed by atoms with E-state index >= 15 is 0 Å². The fourth-order valence-electron chi connectivity index (χ4n) is 3.92. The average molecular weight is 2580 g/mol. The van der Waals surface area contributed by atoms with E-state index in [4.69, 9.17) is 119 Å². The van der Waals surface area contributed by atoms with Crippen molar-refractivity contribution in [2.75, 3.05) is 56.4 Å². The van der Waals surface area contributed by atoms with Gasteiger partial charge in [0.05, 0.1) is 71.6 Å². The smallest absolute Gasteiger partial charge is 0.545 e. The maximum atomic E-state index is 10.4. The Kier molecular flexibility index (Phi) is 184. The maximum Gasteiger partial charge on any atom is 2.00 e. The standard InChI is InChI=1S/4C9H6O6.4C3H7NO.12C2H4O2.3Cd.2Nd.6H2O/c4*10-7(11)4-1-5(8(12)13)3-6(2-4)9(14)15;4*1-4(2)3-5;12*1-2(3)4;;;;;;;;;;;/h4*1-3H,(H,10,11)(H,12,13)(H,14,15);4*3H,1-2H3;12*1H3,(H,3,4);;;;;;6*1H2/q;;;;;;;;;;;;;;;;;;;;;;+2;;;;;;;;/p-12. The maximum absolute atomic E-state index is 10.4. The van der Waals surface area contributed by atoms with Crippen LogP contribution in [0.25, 0.3) is 0 Å². The molecule has 0 unspecified atom stereocenters. The molecule has 62 nitrogen and oxygen atoms in total. The predicted molar refractivity (Wildman–Crippen MR) is 418 cm³/mol. The van der Waals surface area contributed by atoms with Crippen molar-refractivity contribution in [3.05, 3.63) is 140 Å². The van der Waals surface area contributed by atoms with Crippen LogP contribution in [0.15, 0.2) is 72.8 Å². The molecule has 0 atom stereocenters. The molecule has 0 fully saturated rings. The normalized spacial score (nSPS) is 7.28. The fourth-order valence-corrected chi connectivity index (χ4v) is 3.92. The minimum Gasteiger partial charge on any atom is -0.545 e. The third kappa shape index (κ3) is 229. The first kappa shape index (κ1) is 201. The van der Waals surface area contributed by atoms with Crippen molar-refractivity contribution in [3.63, 3.8) is 0 Å². The van der Waals surface area contributed by atoms with Crippen molar-refractivity contribution in [3.8, 4) is 0 Å². The Bertz CT molecular complexity index is 3300. The van der Waals surface area contributed by atoms with Gasteiger partial charge in [-0.25, -0.2) is 0 Å². The summed E-state index contributed by atoms with van der Waals surface area (Å²) in [5.41, 5.74) is -6.71. The Hall–Kier alpha value is -12.7. The number of rotatable bonds is 16. The van der Waals surface area contributed by atoms with E-state index in [1.165, 1.54) is 19.6 Å². The molecular weight excluding hydrogens is 2470 g/mol. The van der Waals surface area contributed by atoms with Crippen molar-refractivity contribution in [1.29, 1.82) is 0 Å². The molecule has 139 heavy (non-hydrogen) atoms. The number of amides is 4. The van der Waals surface area contributed by atoms with Crippen molar-refractivity contribution >= 4 is 169 Å². The first-order valence-corrected chi connectivity index (χ1v) is 31.5. The molecule has 4 aromatic rings. The van der Waals surface area contributed by atoms with E-state index < -0.39 is 210 Å². The van der Waals surface area contributed by atoms with Crippen LogP contribution >= 0.6 is 0 Å². The third-order valence-corrected chi connectivity index (χ3v) is 7.40. The van der Waals surface area contributed by atoms with Crippen LogP contribution < -0.4 is 61.3 Å². The Morgan fingerprint density at radius 1 is 0.180 bits per heavy atom. The van der Waals surface area contributed by atoms with Crippen LogP contribution in [0.5, 0.6) is 0 Å². The Balaban J connectivity index is -0.0000000390. The molecule has 4 rings (SSSR count). The summed E-state index contributed by atoms with van der Waals surface area (Å²) in [6.07, 6.45) is 3.00. The number of aromatic carboxylic acids is 12. The molecule has 0 aliphatic carbocycles. The number of carbonyl (C=O) groups is 28. The van der Waals surface area contributed by atoms with E-state index in [0.29, 0.717) is 0 Å². The third-order valence-electron chi connectivity index (χ3n) is 7.40. The summed E-state index contributed by atoms with van der Waals surface area (Å²) < 4.78 is 0. The molecule has 0 saturated carbocycles. The van der Waals surface area contributed by atoms with Crippen molar-refractivity contribution in [1.82, 2.24) is 19.6 Å². The van der Waals surface area contributed by atoms with E-state index in [0.717, 1.165) is 182 Å². The van der Waals surface area contributed by atoms with Crippen molar-refractivity contribution in [2.24, 2.45) is 0 Å². The van der Waals surface area contributed by atoms with Gasteiger partial charge in [-0.1, -0.05) is 0 Å². The van der Waals surface area contributed by atoms with Gasteiger partial charge >= 0.3 is 27.3 Å². The van der Waals surface area contributed by atoms with Gasteiger partial charge < -0.3 is 233 Å². The first-order chi connectivity index (χ1) is 57.5. The summed E-state index contributed by atoms with van der Waals surface area (Å²) in [5, 5.41) is 214. The minimum atomic E-state index is -1.68. The quantitative estimate of drug-likeness (QED) is 0.0366. The van der Waals surface area contributed by atoms with Gasteiger partial charge in [0.25, 0.3) is 71.6 Å². The largest absolute Gasteiger partial charge is 2.00 e. The molecule has 0 spiro atoms. The van der Waals surface area contributed by atoms with Gasteiger partial charge in [0, 0.05) is 276 Å². The molecule has 4 aromatic carbocycles. The number of carboxylic acids is 24. The van der Waals surface area contributed by atoms with Crippen LogP contribution in [-0.4, -0.2) is 339 Å². The summed E-state index contributed by atoms with van der Waals surface area (Å²) in [6.45, 7) is 13.0. The second-order valence-corrected chi connectivity index (χ2v) is 21.1. The zero-order valence-corrected chi connectivity index (χ0v) is 95.4. The molecule has 0 bridgehead atoms. The van der Waals surface area contributed by atoms with Crippen LogP contribution in [0, 0.1) is 81.7 Å². The Morgan fingerprint density at radius 2 is 0.209 bits per heavy atom. The zero-order valence-electron chi connectivity index (χ0n) is 76.8. The molecular formula is C72H100Cd3N4Nd2O58-10. The van der Waals surface area contributed by atoms with Gasteiger partial charge in [0.1, 0.15) is 0 Å². The number of aliphatic carboxylic acids is 12. The molecule has 67 heteroatoms. The average Bonchev–Trinajstić information content (AvgIpc) is 0.860. The number of nitrogens with zero attached hydrogens (tertiary/aromatic N) is 4. The van der Waals surface area contributed by atoms with Gasteiger partial charge in [-0.05, 0) is 140 Å². The minimum absolute atomic E-state index is 0. The van der Waals surface area contributed by atoms with E-state index in [1.54, 1.807) is 56.4 Å². The topological polar surface area (TPSA) is 1200 Å². The molecule has 0 aromatic heterocycles. The second kappa shape index (κ2) is 127. The number of hydrogen-bond donors (Lipinski definition) is 12. The monoisotopic (exact) mass is 2570 g/mol. The van der Waals surface area contributed by atoms with Gasteiger partial charge in [-0.15, -0.1) is 0 Å². The second-order valence-electron chi connectivity index (χ2n) is 21.1. The molecule has 0 aliphatic heterocycles. The van der Waals surface area contributed by atoms with Crippen LogP contribution in [0.2, 0.25) is 0 Å². The predicted octanol–water partition coefficient (Wildman–Crippen LogP) is -17.9. The molecule has 780 valence electrons. The van der Waals surface area contributed by atoms with Crippen LogP contribution in [0.4, 0.5) is 0 Å². The molecule has 0 aliphatic rings. The van der Waals surface area contributed by atoms with Gasteiger partial charge in [0.2, 0.25) is 25.6 Å². The van der Waals surface area contributed by atoms with E-state index in [-0.39, 0.29) is 196 Å². The molecule has 0 radical (unpaired) electrons.